The van der Waals surface area contributed by atoms with Crippen molar-refractivity contribution in [3.63, 3.8) is 0 Å². The Labute approximate surface area is 116 Å². The average molecular weight is 286 g/mol. The fourth-order valence-electron chi connectivity index (χ4n) is 2.10. The van der Waals surface area contributed by atoms with Gasteiger partial charge in [-0.2, -0.15) is 0 Å². The maximum atomic E-state index is 10.7. The van der Waals surface area contributed by atoms with E-state index in [0.29, 0.717) is 6.61 Å². The maximum Gasteiger partial charge on any atom is 0.277 e. The van der Waals surface area contributed by atoms with Crippen LogP contribution in [0.1, 0.15) is 19.3 Å². The summed E-state index contributed by atoms with van der Waals surface area (Å²) in [6.45, 7) is 3.45. The lowest BCUT2D eigenvalue weighted by molar-refractivity contribution is -0.385. The highest BCUT2D eigenvalue weighted by Crippen LogP contribution is 2.22. The summed E-state index contributed by atoms with van der Waals surface area (Å²) in [6, 6.07) is 2.50. The normalized spacial score (nSPS) is 16.3. The number of ether oxygens (including phenoxy) is 1. The number of hydrogen-bond donors (Lipinski definition) is 0. The van der Waals surface area contributed by atoms with E-state index in [2.05, 4.69) is 9.88 Å². The Hall–Kier alpha value is -1.40. The van der Waals surface area contributed by atoms with E-state index in [0.717, 1.165) is 19.6 Å². The summed E-state index contributed by atoms with van der Waals surface area (Å²) in [6.07, 6.45) is 3.74. The van der Waals surface area contributed by atoms with Crippen molar-refractivity contribution in [3.05, 3.63) is 27.4 Å². The van der Waals surface area contributed by atoms with Crippen LogP contribution in [0.5, 0.6) is 5.88 Å². The van der Waals surface area contributed by atoms with Crippen LogP contribution >= 0.6 is 11.6 Å². The summed E-state index contributed by atoms with van der Waals surface area (Å²) in [5.41, 5.74) is -0.104. The quantitative estimate of drug-likeness (QED) is 0.472. The Bertz CT molecular complexity index is 450. The summed E-state index contributed by atoms with van der Waals surface area (Å²) < 4.78 is 5.44. The van der Waals surface area contributed by atoms with Crippen LogP contribution in [0.2, 0.25) is 5.15 Å². The first-order valence-corrected chi connectivity index (χ1v) is 6.70. The van der Waals surface area contributed by atoms with E-state index in [9.17, 15) is 10.1 Å². The minimum atomic E-state index is -0.509. The van der Waals surface area contributed by atoms with E-state index in [1.165, 1.54) is 31.4 Å². The van der Waals surface area contributed by atoms with Crippen molar-refractivity contribution in [2.75, 3.05) is 26.2 Å². The third-order valence-electron chi connectivity index (χ3n) is 3.07. The molecule has 1 aliphatic heterocycles. The minimum Gasteiger partial charge on any atom is -0.476 e. The van der Waals surface area contributed by atoms with Gasteiger partial charge in [0.05, 0.1) is 17.1 Å². The van der Waals surface area contributed by atoms with Crippen LogP contribution < -0.4 is 4.74 Å². The largest absolute Gasteiger partial charge is 0.476 e. The second-order valence-electron chi connectivity index (χ2n) is 4.49. The number of likely N-dealkylation sites (tertiary alicyclic amines) is 1. The molecule has 0 aromatic carbocycles. The van der Waals surface area contributed by atoms with Gasteiger partial charge in [-0.1, -0.05) is 18.0 Å². The number of aromatic nitrogens is 1. The summed E-state index contributed by atoms with van der Waals surface area (Å²) in [4.78, 5) is 16.4. The zero-order valence-corrected chi connectivity index (χ0v) is 11.3. The highest BCUT2D eigenvalue weighted by molar-refractivity contribution is 6.29. The van der Waals surface area contributed by atoms with Crippen molar-refractivity contribution in [1.82, 2.24) is 9.88 Å². The van der Waals surface area contributed by atoms with Crippen molar-refractivity contribution >= 4 is 17.3 Å². The van der Waals surface area contributed by atoms with E-state index in [4.69, 9.17) is 16.3 Å². The van der Waals surface area contributed by atoms with Crippen molar-refractivity contribution in [1.29, 1.82) is 0 Å². The van der Waals surface area contributed by atoms with E-state index in [1.807, 2.05) is 0 Å². The van der Waals surface area contributed by atoms with Gasteiger partial charge in [-0.15, -0.1) is 0 Å². The Morgan fingerprint density at radius 1 is 1.37 bits per heavy atom. The highest BCUT2D eigenvalue weighted by Gasteiger charge is 2.13. The van der Waals surface area contributed by atoms with Gasteiger partial charge in [0, 0.05) is 6.54 Å². The first-order valence-electron chi connectivity index (χ1n) is 6.32. The number of nitro groups is 1. The SMILES string of the molecule is O=[N+]([O-])c1cc(Cl)nc(OCCN2CCCCC2)c1. The number of piperidine rings is 1. The third-order valence-corrected chi connectivity index (χ3v) is 3.27. The summed E-state index contributed by atoms with van der Waals surface area (Å²) in [5, 5.41) is 10.8. The molecule has 0 unspecified atom stereocenters. The molecule has 0 saturated carbocycles. The Kier molecular flexibility index (Phi) is 4.93. The van der Waals surface area contributed by atoms with Crippen LogP contribution in [0.4, 0.5) is 5.69 Å². The lowest BCUT2D eigenvalue weighted by Gasteiger charge is -2.25. The van der Waals surface area contributed by atoms with Crippen molar-refractivity contribution in [3.8, 4) is 5.88 Å². The van der Waals surface area contributed by atoms with Gasteiger partial charge in [0.1, 0.15) is 11.8 Å². The van der Waals surface area contributed by atoms with Crippen LogP contribution in [0.15, 0.2) is 12.1 Å². The van der Waals surface area contributed by atoms with Gasteiger partial charge in [0.25, 0.3) is 5.69 Å². The molecule has 0 amide bonds. The number of rotatable bonds is 5. The van der Waals surface area contributed by atoms with Gasteiger partial charge in [0.2, 0.25) is 5.88 Å². The fourth-order valence-corrected chi connectivity index (χ4v) is 2.30. The second kappa shape index (κ2) is 6.68. The van der Waals surface area contributed by atoms with E-state index in [1.54, 1.807) is 0 Å². The zero-order chi connectivity index (χ0) is 13.7. The van der Waals surface area contributed by atoms with Gasteiger partial charge in [-0.3, -0.25) is 15.0 Å². The summed E-state index contributed by atoms with van der Waals surface area (Å²) in [7, 11) is 0. The number of nitrogens with zero attached hydrogens (tertiary/aromatic N) is 3. The van der Waals surface area contributed by atoms with Crippen molar-refractivity contribution < 1.29 is 9.66 Å². The molecule has 6 nitrogen and oxygen atoms in total. The van der Waals surface area contributed by atoms with Crippen molar-refractivity contribution in [2.24, 2.45) is 0 Å². The Balaban J connectivity index is 1.86. The predicted molar refractivity (Wildman–Crippen MR) is 71.7 cm³/mol. The maximum absolute atomic E-state index is 10.7. The smallest absolute Gasteiger partial charge is 0.277 e. The molecule has 0 N–H and O–H groups in total. The molecule has 0 bridgehead atoms. The third kappa shape index (κ3) is 4.33. The Morgan fingerprint density at radius 3 is 2.79 bits per heavy atom. The summed E-state index contributed by atoms with van der Waals surface area (Å²) >= 11 is 5.72. The second-order valence-corrected chi connectivity index (χ2v) is 4.88. The van der Waals surface area contributed by atoms with Gasteiger partial charge >= 0.3 is 0 Å². The lowest BCUT2D eigenvalue weighted by Crippen LogP contribution is -2.33. The standard InChI is InChI=1S/C12H16ClN3O3/c13-11-8-10(16(17)18)9-12(14-11)19-7-6-15-4-2-1-3-5-15/h8-9H,1-7H2. The topological polar surface area (TPSA) is 68.5 Å². The molecule has 0 radical (unpaired) electrons. The molecule has 7 heteroatoms. The molecule has 0 atom stereocenters. The van der Waals surface area contributed by atoms with Crippen LogP contribution in [0.3, 0.4) is 0 Å². The van der Waals surface area contributed by atoms with Crippen molar-refractivity contribution in [2.45, 2.75) is 19.3 Å². The molecule has 2 rings (SSSR count). The van der Waals surface area contributed by atoms with Gasteiger partial charge < -0.3 is 4.74 Å². The minimum absolute atomic E-state index is 0.0715. The number of pyridine rings is 1. The monoisotopic (exact) mass is 285 g/mol. The molecule has 1 aromatic rings. The van der Waals surface area contributed by atoms with Gasteiger partial charge in [0.15, 0.2) is 0 Å². The van der Waals surface area contributed by atoms with E-state index < -0.39 is 4.92 Å². The molecule has 1 fully saturated rings. The Morgan fingerprint density at radius 2 is 2.11 bits per heavy atom. The van der Waals surface area contributed by atoms with E-state index in [-0.39, 0.29) is 16.7 Å². The number of halogens is 1. The van der Waals surface area contributed by atoms with Gasteiger partial charge in [-0.25, -0.2) is 4.98 Å². The fraction of sp³-hybridized carbons (Fsp3) is 0.583. The zero-order valence-electron chi connectivity index (χ0n) is 10.5. The first-order chi connectivity index (χ1) is 9.15. The van der Waals surface area contributed by atoms with Crippen LogP contribution in [-0.4, -0.2) is 41.0 Å². The molecule has 1 aliphatic rings. The molecule has 2 heterocycles. The molecule has 0 spiro atoms. The highest BCUT2D eigenvalue weighted by atomic mass is 35.5. The lowest BCUT2D eigenvalue weighted by atomic mass is 10.1. The van der Waals surface area contributed by atoms with Crippen LogP contribution in [0, 0.1) is 10.1 Å². The van der Waals surface area contributed by atoms with Gasteiger partial charge in [-0.05, 0) is 25.9 Å². The molecule has 19 heavy (non-hydrogen) atoms. The van der Waals surface area contributed by atoms with E-state index >= 15 is 0 Å². The predicted octanol–water partition coefficient (Wildman–Crippen LogP) is 2.51. The van der Waals surface area contributed by atoms with Crippen LogP contribution in [-0.2, 0) is 0 Å². The molecular weight excluding hydrogens is 270 g/mol. The molecule has 1 saturated heterocycles. The first kappa shape index (κ1) is 14.0. The molecule has 0 aliphatic carbocycles. The summed E-state index contributed by atoms with van der Waals surface area (Å²) in [5.74, 6) is 0.205. The average Bonchev–Trinajstić information content (AvgIpc) is 2.39. The number of hydrogen-bond acceptors (Lipinski definition) is 5. The molecular formula is C12H16ClN3O3. The van der Waals surface area contributed by atoms with Crippen LogP contribution in [0.25, 0.3) is 0 Å². The molecule has 1 aromatic heterocycles. The molecule has 104 valence electrons.